The molecule has 1 rings (SSSR count). The van der Waals surface area contributed by atoms with E-state index in [4.69, 9.17) is 14.2 Å². The maximum atomic E-state index is 10.9. The standard InChI is InChI=1S/C22H36O5/c1-3-4-5-6-7-8-9-20-10-12-21(13-11-20)27-19-18-26-17-16-25-15-14-22(23)24-2/h10-13H,3-9,14-19H2,1-2H3. The van der Waals surface area contributed by atoms with Gasteiger partial charge in [-0.05, 0) is 30.5 Å². The van der Waals surface area contributed by atoms with Gasteiger partial charge < -0.3 is 18.9 Å². The van der Waals surface area contributed by atoms with Crippen LogP contribution in [0.4, 0.5) is 0 Å². The molecule has 27 heavy (non-hydrogen) atoms. The van der Waals surface area contributed by atoms with Gasteiger partial charge in [-0.1, -0.05) is 51.2 Å². The van der Waals surface area contributed by atoms with Gasteiger partial charge in [0.25, 0.3) is 0 Å². The fourth-order valence-electron chi connectivity index (χ4n) is 2.66. The molecule has 0 spiro atoms. The van der Waals surface area contributed by atoms with Gasteiger partial charge in [0.05, 0.1) is 40.0 Å². The van der Waals surface area contributed by atoms with E-state index in [2.05, 4.69) is 23.8 Å². The third kappa shape index (κ3) is 13.3. The van der Waals surface area contributed by atoms with Crippen LogP contribution in [0.3, 0.4) is 0 Å². The summed E-state index contributed by atoms with van der Waals surface area (Å²) in [5, 5.41) is 0. The molecular formula is C22H36O5. The second-order valence-corrected chi connectivity index (χ2v) is 6.56. The number of carbonyl (C=O) groups excluding carboxylic acids is 1. The van der Waals surface area contributed by atoms with Crippen molar-refractivity contribution in [2.75, 3.05) is 40.1 Å². The molecule has 154 valence electrons. The lowest BCUT2D eigenvalue weighted by molar-refractivity contribution is -0.141. The zero-order chi connectivity index (χ0) is 19.6. The average molecular weight is 381 g/mol. The van der Waals surface area contributed by atoms with Gasteiger partial charge in [-0.25, -0.2) is 0 Å². The molecule has 0 aliphatic rings. The minimum absolute atomic E-state index is 0.262. The smallest absolute Gasteiger partial charge is 0.307 e. The molecule has 0 aliphatic heterocycles. The Balaban J connectivity index is 1.97. The summed E-state index contributed by atoms with van der Waals surface area (Å²) in [5.41, 5.74) is 1.37. The molecule has 1 aromatic rings. The van der Waals surface area contributed by atoms with Crippen molar-refractivity contribution < 1.29 is 23.7 Å². The number of methoxy groups -OCH3 is 1. The maximum Gasteiger partial charge on any atom is 0.307 e. The molecule has 0 unspecified atom stereocenters. The van der Waals surface area contributed by atoms with E-state index < -0.39 is 0 Å². The van der Waals surface area contributed by atoms with Crippen LogP contribution in [0, 0.1) is 0 Å². The summed E-state index contributed by atoms with van der Waals surface area (Å²) in [7, 11) is 1.37. The number of carbonyl (C=O) groups is 1. The lowest BCUT2D eigenvalue weighted by Crippen LogP contribution is -2.12. The summed E-state index contributed by atoms with van der Waals surface area (Å²) in [5.74, 6) is 0.613. The van der Waals surface area contributed by atoms with E-state index in [1.54, 1.807) is 0 Å². The molecule has 0 bridgehead atoms. The van der Waals surface area contributed by atoms with Gasteiger partial charge in [0.1, 0.15) is 12.4 Å². The van der Waals surface area contributed by atoms with Crippen LogP contribution >= 0.6 is 0 Å². The van der Waals surface area contributed by atoms with Crippen LogP contribution < -0.4 is 4.74 Å². The Kier molecular flexibility index (Phi) is 14.4. The maximum absolute atomic E-state index is 10.9. The van der Waals surface area contributed by atoms with Crippen LogP contribution in [0.2, 0.25) is 0 Å². The molecule has 0 fully saturated rings. The van der Waals surface area contributed by atoms with Gasteiger partial charge in [0.2, 0.25) is 0 Å². The van der Waals surface area contributed by atoms with Crippen LogP contribution in [-0.2, 0) is 25.4 Å². The van der Waals surface area contributed by atoms with Gasteiger partial charge in [-0.2, -0.15) is 0 Å². The first-order valence-corrected chi connectivity index (χ1v) is 10.2. The van der Waals surface area contributed by atoms with Crippen molar-refractivity contribution >= 4 is 5.97 Å². The number of hydrogen-bond acceptors (Lipinski definition) is 5. The van der Waals surface area contributed by atoms with E-state index in [1.807, 2.05) is 12.1 Å². The molecule has 5 nitrogen and oxygen atoms in total. The summed E-state index contributed by atoms with van der Waals surface area (Å²) in [6, 6.07) is 8.36. The molecule has 0 N–H and O–H groups in total. The average Bonchev–Trinajstić information content (AvgIpc) is 2.70. The quantitative estimate of drug-likeness (QED) is 0.293. The summed E-state index contributed by atoms with van der Waals surface area (Å²) < 4.78 is 20.9. The predicted molar refractivity (Wildman–Crippen MR) is 107 cm³/mol. The highest BCUT2D eigenvalue weighted by atomic mass is 16.5. The first-order valence-electron chi connectivity index (χ1n) is 10.2. The van der Waals surface area contributed by atoms with Gasteiger partial charge in [-0.3, -0.25) is 4.79 Å². The fraction of sp³-hybridized carbons (Fsp3) is 0.682. The SMILES string of the molecule is CCCCCCCCc1ccc(OCCOCCOCCC(=O)OC)cc1. The number of unbranched alkanes of at least 4 members (excludes halogenated alkanes) is 5. The van der Waals surface area contributed by atoms with Gasteiger partial charge in [0.15, 0.2) is 0 Å². The van der Waals surface area contributed by atoms with Crippen molar-refractivity contribution in [3.63, 3.8) is 0 Å². The molecule has 0 heterocycles. The molecule has 0 aromatic heterocycles. The van der Waals surface area contributed by atoms with Crippen molar-refractivity contribution in [3.05, 3.63) is 29.8 Å². The highest BCUT2D eigenvalue weighted by molar-refractivity contribution is 5.69. The summed E-state index contributed by atoms with van der Waals surface area (Å²) in [4.78, 5) is 10.9. The Morgan fingerprint density at radius 3 is 2.15 bits per heavy atom. The van der Waals surface area contributed by atoms with E-state index in [1.165, 1.54) is 51.2 Å². The van der Waals surface area contributed by atoms with Gasteiger partial charge in [-0.15, -0.1) is 0 Å². The second-order valence-electron chi connectivity index (χ2n) is 6.56. The Bertz CT molecular complexity index is 472. The van der Waals surface area contributed by atoms with Crippen LogP contribution in [-0.4, -0.2) is 46.1 Å². The first kappa shape index (κ1) is 23.4. The van der Waals surface area contributed by atoms with Gasteiger partial charge >= 0.3 is 5.97 Å². The number of hydrogen-bond donors (Lipinski definition) is 0. The molecule has 0 radical (unpaired) electrons. The monoisotopic (exact) mass is 380 g/mol. The van der Waals surface area contributed by atoms with Crippen molar-refractivity contribution in [1.29, 1.82) is 0 Å². The number of esters is 1. The van der Waals surface area contributed by atoms with Gasteiger partial charge in [0, 0.05) is 0 Å². The molecule has 0 saturated heterocycles. The van der Waals surface area contributed by atoms with Crippen molar-refractivity contribution in [2.45, 2.75) is 58.3 Å². The Morgan fingerprint density at radius 2 is 1.44 bits per heavy atom. The topological polar surface area (TPSA) is 54.0 Å². The summed E-state index contributed by atoms with van der Waals surface area (Å²) >= 11 is 0. The zero-order valence-electron chi connectivity index (χ0n) is 17.0. The van der Waals surface area contributed by atoms with E-state index in [-0.39, 0.29) is 12.4 Å². The molecule has 5 heteroatoms. The molecule has 0 saturated carbocycles. The second kappa shape index (κ2) is 16.6. The van der Waals surface area contributed by atoms with Crippen molar-refractivity contribution in [3.8, 4) is 5.75 Å². The van der Waals surface area contributed by atoms with Crippen LogP contribution in [0.25, 0.3) is 0 Å². The van der Waals surface area contributed by atoms with Crippen molar-refractivity contribution in [2.24, 2.45) is 0 Å². The predicted octanol–water partition coefficient (Wildman–Crippen LogP) is 4.56. The minimum atomic E-state index is -0.262. The van der Waals surface area contributed by atoms with Crippen LogP contribution in [0.5, 0.6) is 5.75 Å². The molecule has 0 atom stereocenters. The van der Waals surface area contributed by atoms with Crippen LogP contribution in [0.1, 0.15) is 57.4 Å². The van der Waals surface area contributed by atoms with E-state index in [0.29, 0.717) is 33.0 Å². The van der Waals surface area contributed by atoms with E-state index in [9.17, 15) is 4.79 Å². The molecular weight excluding hydrogens is 344 g/mol. The number of rotatable bonds is 17. The Morgan fingerprint density at radius 1 is 0.815 bits per heavy atom. The number of ether oxygens (including phenoxy) is 4. The third-order valence-electron chi connectivity index (χ3n) is 4.29. The van der Waals surface area contributed by atoms with Crippen LogP contribution in [0.15, 0.2) is 24.3 Å². The Labute approximate surface area is 164 Å². The number of aryl methyl sites for hydroxylation is 1. The number of benzene rings is 1. The highest BCUT2D eigenvalue weighted by Gasteiger charge is 2.00. The summed E-state index contributed by atoms with van der Waals surface area (Å²) in [6.07, 6.45) is 9.38. The summed E-state index contributed by atoms with van der Waals surface area (Å²) in [6.45, 7) is 4.59. The third-order valence-corrected chi connectivity index (χ3v) is 4.29. The molecule has 0 aliphatic carbocycles. The van der Waals surface area contributed by atoms with E-state index in [0.717, 1.165) is 12.2 Å². The van der Waals surface area contributed by atoms with E-state index >= 15 is 0 Å². The first-order chi connectivity index (χ1) is 13.3. The zero-order valence-corrected chi connectivity index (χ0v) is 17.0. The lowest BCUT2D eigenvalue weighted by Gasteiger charge is -2.08. The fourth-order valence-corrected chi connectivity index (χ4v) is 2.66. The Hall–Kier alpha value is -1.59. The lowest BCUT2D eigenvalue weighted by atomic mass is 10.0. The normalized spacial score (nSPS) is 10.7. The molecule has 0 amide bonds. The van der Waals surface area contributed by atoms with Crippen molar-refractivity contribution in [1.82, 2.24) is 0 Å². The highest BCUT2D eigenvalue weighted by Crippen LogP contribution is 2.15. The minimum Gasteiger partial charge on any atom is -0.491 e. The largest absolute Gasteiger partial charge is 0.491 e. The molecule has 1 aromatic carbocycles.